The Hall–Kier alpha value is -3.08. The van der Waals surface area contributed by atoms with Gasteiger partial charge >= 0.3 is 6.18 Å². The first kappa shape index (κ1) is 16.3. The van der Waals surface area contributed by atoms with Crippen LogP contribution in [0.15, 0.2) is 42.7 Å². The van der Waals surface area contributed by atoms with E-state index in [1.807, 2.05) is 0 Å². The van der Waals surface area contributed by atoms with E-state index < -0.39 is 29.0 Å². The Kier molecular flexibility index (Phi) is 4.50. The fourth-order valence-electron chi connectivity index (χ4n) is 1.77. The second-order valence-electron chi connectivity index (χ2n) is 4.45. The molecular formula is C15H9F4N3O. The van der Waals surface area contributed by atoms with Gasteiger partial charge in [0.05, 0.1) is 17.2 Å². The summed E-state index contributed by atoms with van der Waals surface area (Å²) in [5.74, 6) is -1.19. The van der Waals surface area contributed by atoms with Gasteiger partial charge in [0.15, 0.2) is 0 Å². The number of aromatic nitrogens is 1. The molecule has 0 spiro atoms. The number of nitrogens with zero attached hydrogens (tertiary/aromatic N) is 2. The van der Waals surface area contributed by atoms with Gasteiger partial charge in [-0.3, -0.25) is 4.79 Å². The fraction of sp³-hybridized carbons (Fsp3) is 0.0667. The molecule has 2 aromatic rings. The summed E-state index contributed by atoms with van der Waals surface area (Å²) in [6.07, 6.45) is 0.0534. The van der Waals surface area contributed by atoms with Crippen molar-refractivity contribution in [1.29, 1.82) is 5.26 Å². The lowest BCUT2D eigenvalue weighted by atomic mass is 10.1. The predicted octanol–water partition coefficient (Wildman–Crippen LogP) is 3.63. The van der Waals surface area contributed by atoms with Crippen LogP contribution in [-0.4, -0.2) is 10.5 Å². The monoisotopic (exact) mass is 323 g/mol. The van der Waals surface area contributed by atoms with Crippen LogP contribution < -0.4 is 5.32 Å². The summed E-state index contributed by atoms with van der Waals surface area (Å²) in [5, 5.41) is 10.9. The molecule has 1 heterocycles. The smallest absolute Gasteiger partial charge is 0.327 e. The van der Waals surface area contributed by atoms with Crippen molar-refractivity contribution in [3.05, 3.63) is 59.7 Å². The van der Waals surface area contributed by atoms with Crippen LogP contribution in [0, 0.1) is 17.1 Å². The van der Waals surface area contributed by atoms with Gasteiger partial charge in [-0.2, -0.15) is 18.4 Å². The number of carbonyl (C=O) groups excluding carboxylic acids is 1. The second-order valence-corrected chi connectivity index (χ2v) is 4.45. The Bertz CT molecular complexity index is 800. The van der Waals surface area contributed by atoms with E-state index in [1.54, 1.807) is 0 Å². The maximum absolute atomic E-state index is 12.8. The minimum atomic E-state index is -4.70. The second kappa shape index (κ2) is 6.36. The molecule has 0 atom stereocenters. The molecule has 0 radical (unpaired) electrons. The Labute approximate surface area is 128 Å². The van der Waals surface area contributed by atoms with Crippen molar-refractivity contribution in [3.63, 3.8) is 0 Å². The Morgan fingerprint density at radius 1 is 1.30 bits per heavy atom. The van der Waals surface area contributed by atoms with Gasteiger partial charge in [-0.1, -0.05) is 0 Å². The predicted molar refractivity (Wildman–Crippen MR) is 74.5 cm³/mol. The van der Waals surface area contributed by atoms with Crippen molar-refractivity contribution in [2.45, 2.75) is 6.18 Å². The normalized spacial score (nSPS) is 11.4. The van der Waals surface area contributed by atoms with Crippen LogP contribution in [0.25, 0.3) is 6.20 Å². The van der Waals surface area contributed by atoms with E-state index in [2.05, 4.69) is 5.32 Å². The molecule has 1 N–H and O–H groups in total. The van der Waals surface area contributed by atoms with E-state index in [-0.39, 0.29) is 5.69 Å². The Morgan fingerprint density at radius 3 is 2.61 bits per heavy atom. The molecule has 0 saturated carbocycles. The van der Waals surface area contributed by atoms with Crippen molar-refractivity contribution in [3.8, 4) is 6.07 Å². The third-order valence-corrected chi connectivity index (χ3v) is 2.79. The number of rotatable bonds is 3. The number of hydrogen-bond donors (Lipinski definition) is 1. The van der Waals surface area contributed by atoms with E-state index in [0.29, 0.717) is 6.07 Å². The molecule has 0 unspecified atom stereocenters. The summed E-state index contributed by atoms with van der Waals surface area (Å²) in [6.45, 7) is 0. The van der Waals surface area contributed by atoms with Crippen LogP contribution in [-0.2, 0) is 11.0 Å². The molecule has 8 heteroatoms. The topological polar surface area (TPSA) is 57.8 Å². The number of halogens is 4. The SMILES string of the molecule is N#Cc1ccc(NC(=O)/C=C/n2ccc(F)c2)cc1C(F)(F)F. The first-order chi connectivity index (χ1) is 10.8. The molecule has 0 saturated heterocycles. The summed E-state index contributed by atoms with van der Waals surface area (Å²) in [7, 11) is 0. The molecule has 118 valence electrons. The van der Waals surface area contributed by atoms with E-state index in [9.17, 15) is 22.4 Å². The molecule has 0 aliphatic rings. The van der Waals surface area contributed by atoms with Crippen molar-refractivity contribution >= 4 is 17.8 Å². The minimum Gasteiger partial charge on any atom is -0.327 e. The number of carbonyl (C=O) groups is 1. The van der Waals surface area contributed by atoms with Gasteiger partial charge < -0.3 is 9.88 Å². The highest BCUT2D eigenvalue weighted by Crippen LogP contribution is 2.33. The quantitative estimate of drug-likeness (QED) is 0.693. The van der Waals surface area contributed by atoms with Gasteiger partial charge in [-0.25, -0.2) is 4.39 Å². The molecule has 23 heavy (non-hydrogen) atoms. The van der Waals surface area contributed by atoms with Gasteiger partial charge in [0.1, 0.15) is 5.82 Å². The molecule has 4 nitrogen and oxygen atoms in total. The minimum absolute atomic E-state index is 0.107. The van der Waals surface area contributed by atoms with Crippen molar-refractivity contribution in [2.75, 3.05) is 5.32 Å². The molecule has 2 rings (SSSR count). The standard InChI is InChI=1S/C15H9F4N3O/c16-11-3-5-22(9-11)6-4-14(23)21-12-2-1-10(8-20)13(7-12)15(17,18)19/h1-7,9H,(H,21,23)/b6-4+. The third-order valence-electron chi connectivity index (χ3n) is 2.79. The van der Waals surface area contributed by atoms with E-state index in [1.165, 1.54) is 35.2 Å². The summed E-state index contributed by atoms with van der Waals surface area (Å²) in [6, 6.07) is 5.47. The maximum Gasteiger partial charge on any atom is 0.417 e. The van der Waals surface area contributed by atoms with Crippen molar-refractivity contribution < 1.29 is 22.4 Å². The van der Waals surface area contributed by atoms with E-state index in [4.69, 9.17) is 5.26 Å². The van der Waals surface area contributed by atoms with Crippen LogP contribution in [0.2, 0.25) is 0 Å². The van der Waals surface area contributed by atoms with Crippen LogP contribution in [0.5, 0.6) is 0 Å². The highest BCUT2D eigenvalue weighted by molar-refractivity contribution is 6.01. The van der Waals surface area contributed by atoms with Crippen molar-refractivity contribution in [1.82, 2.24) is 4.57 Å². The highest BCUT2D eigenvalue weighted by Gasteiger charge is 2.33. The van der Waals surface area contributed by atoms with Gasteiger partial charge in [0, 0.05) is 30.4 Å². The average molecular weight is 323 g/mol. The largest absolute Gasteiger partial charge is 0.417 e. The van der Waals surface area contributed by atoms with Gasteiger partial charge in [-0.05, 0) is 24.3 Å². The first-order valence-electron chi connectivity index (χ1n) is 6.23. The zero-order valence-electron chi connectivity index (χ0n) is 11.4. The van der Waals surface area contributed by atoms with E-state index >= 15 is 0 Å². The average Bonchev–Trinajstić information content (AvgIpc) is 2.90. The van der Waals surface area contributed by atoms with Crippen LogP contribution in [0.3, 0.4) is 0 Å². The van der Waals surface area contributed by atoms with Crippen LogP contribution in [0.4, 0.5) is 23.2 Å². The molecule has 0 fully saturated rings. The lowest BCUT2D eigenvalue weighted by Gasteiger charge is -2.11. The lowest BCUT2D eigenvalue weighted by Crippen LogP contribution is -2.12. The number of alkyl halides is 3. The Balaban J connectivity index is 2.15. The zero-order valence-corrected chi connectivity index (χ0v) is 11.4. The van der Waals surface area contributed by atoms with E-state index in [0.717, 1.165) is 18.3 Å². The summed E-state index contributed by atoms with van der Waals surface area (Å²) in [4.78, 5) is 11.7. The number of nitrogens with one attached hydrogen (secondary N) is 1. The first-order valence-corrected chi connectivity index (χ1v) is 6.23. The molecule has 1 aromatic heterocycles. The number of nitriles is 1. The van der Waals surface area contributed by atoms with Gasteiger partial charge in [0.25, 0.3) is 0 Å². The zero-order chi connectivity index (χ0) is 17.0. The Morgan fingerprint density at radius 2 is 2.04 bits per heavy atom. The van der Waals surface area contributed by atoms with Gasteiger partial charge in [-0.15, -0.1) is 0 Å². The number of benzene rings is 1. The molecule has 0 aliphatic carbocycles. The highest BCUT2D eigenvalue weighted by atomic mass is 19.4. The molecule has 1 amide bonds. The molecule has 0 bridgehead atoms. The lowest BCUT2D eigenvalue weighted by molar-refractivity contribution is -0.137. The number of amides is 1. The molecule has 1 aromatic carbocycles. The fourth-order valence-corrected chi connectivity index (χ4v) is 1.77. The summed E-state index contributed by atoms with van der Waals surface area (Å²) < 4.78 is 52.4. The van der Waals surface area contributed by atoms with Crippen molar-refractivity contribution in [2.24, 2.45) is 0 Å². The van der Waals surface area contributed by atoms with Crippen LogP contribution >= 0.6 is 0 Å². The maximum atomic E-state index is 12.8. The molecule has 0 aliphatic heterocycles. The summed E-state index contributed by atoms with van der Waals surface area (Å²) >= 11 is 0. The number of hydrogen-bond acceptors (Lipinski definition) is 2. The molecular weight excluding hydrogens is 314 g/mol. The third kappa shape index (κ3) is 4.20. The van der Waals surface area contributed by atoms with Gasteiger partial charge in [0.2, 0.25) is 5.91 Å². The number of anilines is 1. The summed E-state index contributed by atoms with van der Waals surface area (Å²) in [5.41, 5.74) is -1.77. The van der Waals surface area contributed by atoms with Crippen LogP contribution in [0.1, 0.15) is 11.1 Å².